The van der Waals surface area contributed by atoms with E-state index >= 15 is 0 Å². The summed E-state index contributed by atoms with van der Waals surface area (Å²) in [6.45, 7) is 9.20. The molecule has 2 rings (SSSR count). The van der Waals surface area contributed by atoms with Crippen LogP contribution in [0.5, 0.6) is 5.75 Å². The Morgan fingerprint density at radius 3 is 2.48 bits per heavy atom. The first-order chi connectivity index (χ1) is 11.0. The van der Waals surface area contributed by atoms with Crippen LogP contribution in [0.1, 0.15) is 13.8 Å². The van der Waals surface area contributed by atoms with Crippen LogP contribution in [0.4, 0.5) is 0 Å². The Bertz CT molecular complexity index is 502. The van der Waals surface area contributed by atoms with Gasteiger partial charge < -0.3 is 9.47 Å². The second-order valence-electron chi connectivity index (χ2n) is 5.94. The highest BCUT2D eigenvalue weighted by Gasteiger charge is 2.19. The SMILES string of the molecule is CC(C)OC(=O)CN1CCN(CCOc2ccccc2Cl)CC1. The van der Waals surface area contributed by atoms with Crippen molar-refractivity contribution in [1.82, 2.24) is 9.80 Å². The number of hydrogen-bond donors (Lipinski definition) is 0. The van der Waals surface area contributed by atoms with Crippen molar-refractivity contribution >= 4 is 17.6 Å². The minimum absolute atomic E-state index is 0.0502. The summed E-state index contributed by atoms with van der Waals surface area (Å²) in [6, 6.07) is 7.50. The van der Waals surface area contributed by atoms with Crippen molar-refractivity contribution in [1.29, 1.82) is 0 Å². The van der Waals surface area contributed by atoms with Crippen LogP contribution in [0.2, 0.25) is 5.02 Å². The fourth-order valence-corrected chi connectivity index (χ4v) is 2.69. The van der Waals surface area contributed by atoms with Crippen LogP contribution in [0, 0.1) is 0 Å². The molecule has 0 aromatic heterocycles. The van der Waals surface area contributed by atoms with E-state index < -0.39 is 0 Å². The van der Waals surface area contributed by atoms with Gasteiger partial charge in [-0.15, -0.1) is 0 Å². The Morgan fingerprint density at radius 1 is 1.17 bits per heavy atom. The minimum atomic E-state index is -0.143. The van der Waals surface area contributed by atoms with E-state index in [2.05, 4.69) is 9.80 Å². The van der Waals surface area contributed by atoms with Crippen molar-refractivity contribution in [3.63, 3.8) is 0 Å². The van der Waals surface area contributed by atoms with Crippen LogP contribution < -0.4 is 4.74 Å². The quantitative estimate of drug-likeness (QED) is 0.712. The number of carbonyl (C=O) groups is 1. The molecule has 1 aromatic rings. The molecule has 0 unspecified atom stereocenters. The molecule has 0 aliphatic carbocycles. The van der Waals surface area contributed by atoms with Gasteiger partial charge in [-0.1, -0.05) is 23.7 Å². The third-order valence-electron chi connectivity index (χ3n) is 3.69. The molecule has 6 heteroatoms. The Labute approximate surface area is 143 Å². The van der Waals surface area contributed by atoms with Crippen molar-refractivity contribution < 1.29 is 14.3 Å². The van der Waals surface area contributed by atoms with Crippen LogP contribution in [0.3, 0.4) is 0 Å². The van der Waals surface area contributed by atoms with Crippen LogP contribution in [-0.4, -0.2) is 67.7 Å². The lowest BCUT2D eigenvalue weighted by atomic mass is 10.3. The molecule has 0 N–H and O–H groups in total. The van der Waals surface area contributed by atoms with Gasteiger partial charge in [0.25, 0.3) is 0 Å². The molecule has 1 heterocycles. The maximum Gasteiger partial charge on any atom is 0.320 e. The van der Waals surface area contributed by atoms with Gasteiger partial charge in [0.05, 0.1) is 17.7 Å². The van der Waals surface area contributed by atoms with Gasteiger partial charge in [0, 0.05) is 32.7 Å². The third kappa shape index (κ3) is 6.37. The van der Waals surface area contributed by atoms with E-state index in [4.69, 9.17) is 21.1 Å². The van der Waals surface area contributed by atoms with Gasteiger partial charge in [0.1, 0.15) is 12.4 Å². The normalized spacial score (nSPS) is 16.5. The average molecular weight is 341 g/mol. The number of halogens is 1. The van der Waals surface area contributed by atoms with E-state index in [9.17, 15) is 4.79 Å². The van der Waals surface area contributed by atoms with Gasteiger partial charge in [-0.05, 0) is 26.0 Å². The molecule has 1 fully saturated rings. The number of esters is 1. The first-order valence-electron chi connectivity index (χ1n) is 8.06. The Kier molecular flexibility index (Phi) is 7.15. The molecule has 23 heavy (non-hydrogen) atoms. The number of carbonyl (C=O) groups excluding carboxylic acids is 1. The zero-order valence-electron chi connectivity index (χ0n) is 13.8. The van der Waals surface area contributed by atoms with Crippen LogP contribution >= 0.6 is 11.6 Å². The monoisotopic (exact) mass is 340 g/mol. The highest BCUT2D eigenvalue weighted by molar-refractivity contribution is 6.32. The lowest BCUT2D eigenvalue weighted by Crippen LogP contribution is -2.49. The van der Waals surface area contributed by atoms with Gasteiger partial charge in [0.2, 0.25) is 0 Å². The van der Waals surface area contributed by atoms with Crippen LogP contribution in [-0.2, 0) is 9.53 Å². The number of nitrogens with zero attached hydrogens (tertiary/aromatic N) is 2. The summed E-state index contributed by atoms with van der Waals surface area (Å²) in [5.41, 5.74) is 0. The topological polar surface area (TPSA) is 42.0 Å². The molecule has 1 aromatic carbocycles. The first kappa shape index (κ1) is 18.0. The number of ether oxygens (including phenoxy) is 2. The summed E-state index contributed by atoms with van der Waals surface area (Å²) in [5.74, 6) is 0.583. The maximum absolute atomic E-state index is 11.7. The predicted molar refractivity (Wildman–Crippen MR) is 91.1 cm³/mol. The van der Waals surface area contributed by atoms with Crippen molar-refractivity contribution in [2.24, 2.45) is 0 Å². The highest BCUT2D eigenvalue weighted by Crippen LogP contribution is 2.22. The molecule has 1 aliphatic heterocycles. The zero-order valence-corrected chi connectivity index (χ0v) is 14.6. The van der Waals surface area contributed by atoms with Crippen molar-refractivity contribution in [2.45, 2.75) is 20.0 Å². The van der Waals surface area contributed by atoms with E-state index in [1.807, 2.05) is 38.1 Å². The third-order valence-corrected chi connectivity index (χ3v) is 4.00. The van der Waals surface area contributed by atoms with E-state index in [0.717, 1.165) is 38.5 Å². The molecule has 1 saturated heterocycles. The number of para-hydroxylation sites is 1. The van der Waals surface area contributed by atoms with E-state index in [1.165, 1.54) is 0 Å². The molecule has 0 atom stereocenters. The standard InChI is InChI=1S/C17H25ClN2O3/c1-14(2)23-17(21)13-20-9-7-19(8-10-20)11-12-22-16-6-4-3-5-15(16)18/h3-6,14H,7-13H2,1-2H3. The fourth-order valence-electron chi connectivity index (χ4n) is 2.50. The summed E-state index contributed by atoms with van der Waals surface area (Å²) in [5, 5.41) is 0.640. The first-order valence-corrected chi connectivity index (χ1v) is 8.44. The summed E-state index contributed by atoms with van der Waals surface area (Å²) in [7, 11) is 0. The highest BCUT2D eigenvalue weighted by atomic mass is 35.5. The molecule has 5 nitrogen and oxygen atoms in total. The van der Waals surface area contributed by atoms with E-state index in [-0.39, 0.29) is 12.1 Å². The smallest absolute Gasteiger partial charge is 0.320 e. The molecular formula is C17H25ClN2O3. The zero-order chi connectivity index (χ0) is 16.7. The summed E-state index contributed by atoms with van der Waals surface area (Å²) in [4.78, 5) is 16.1. The number of hydrogen-bond acceptors (Lipinski definition) is 5. The van der Waals surface area contributed by atoms with Gasteiger partial charge in [-0.3, -0.25) is 14.6 Å². The maximum atomic E-state index is 11.7. The molecule has 0 amide bonds. The van der Waals surface area contributed by atoms with Crippen LogP contribution in [0.15, 0.2) is 24.3 Å². The lowest BCUT2D eigenvalue weighted by Gasteiger charge is -2.34. The summed E-state index contributed by atoms with van der Waals surface area (Å²) < 4.78 is 10.9. The molecule has 0 bridgehead atoms. The predicted octanol–water partition coefficient (Wildman–Crippen LogP) is 2.29. The second kappa shape index (κ2) is 9.11. The number of rotatable bonds is 7. The van der Waals surface area contributed by atoms with Gasteiger partial charge in [-0.2, -0.15) is 0 Å². The van der Waals surface area contributed by atoms with Crippen molar-refractivity contribution in [2.75, 3.05) is 45.9 Å². The van der Waals surface area contributed by atoms with Crippen LogP contribution in [0.25, 0.3) is 0 Å². The molecule has 1 aliphatic rings. The molecule has 0 spiro atoms. The van der Waals surface area contributed by atoms with Gasteiger partial charge in [-0.25, -0.2) is 0 Å². The lowest BCUT2D eigenvalue weighted by molar-refractivity contribution is -0.149. The second-order valence-corrected chi connectivity index (χ2v) is 6.34. The van der Waals surface area contributed by atoms with E-state index in [0.29, 0.717) is 18.2 Å². The number of benzene rings is 1. The van der Waals surface area contributed by atoms with Gasteiger partial charge >= 0.3 is 5.97 Å². The summed E-state index contributed by atoms with van der Waals surface area (Å²) in [6.07, 6.45) is -0.0502. The largest absolute Gasteiger partial charge is 0.491 e. The van der Waals surface area contributed by atoms with Crippen molar-refractivity contribution in [3.8, 4) is 5.75 Å². The minimum Gasteiger partial charge on any atom is -0.491 e. The molecular weight excluding hydrogens is 316 g/mol. The molecule has 0 radical (unpaired) electrons. The fraction of sp³-hybridized carbons (Fsp3) is 0.588. The number of piperazine rings is 1. The molecule has 128 valence electrons. The Morgan fingerprint density at radius 2 is 1.83 bits per heavy atom. The Hall–Kier alpha value is -1.30. The summed E-state index contributed by atoms with van der Waals surface area (Å²) >= 11 is 6.06. The Balaban J connectivity index is 1.63. The van der Waals surface area contributed by atoms with Gasteiger partial charge in [0.15, 0.2) is 0 Å². The van der Waals surface area contributed by atoms with Crippen molar-refractivity contribution in [3.05, 3.63) is 29.3 Å². The van der Waals surface area contributed by atoms with E-state index in [1.54, 1.807) is 0 Å². The average Bonchev–Trinajstić information content (AvgIpc) is 2.50. The molecule has 0 saturated carbocycles.